The fourth-order valence-corrected chi connectivity index (χ4v) is 3.25. The molecule has 142 valence electrons. The number of carbonyl (C=O) groups is 1. The van der Waals surface area contributed by atoms with E-state index in [9.17, 15) is 13.2 Å². The summed E-state index contributed by atoms with van der Waals surface area (Å²) in [6.07, 6.45) is -0.666. The Morgan fingerprint density at radius 1 is 1.12 bits per heavy atom. The zero-order valence-electron chi connectivity index (χ0n) is 15.4. The molecule has 0 bridgehead atoms. The van der Waals surface area contributed by atoms with E-state index < -0.39 is 16.1 Å². The first-order valence-electron chi connectivity index (χ1n) is 8.21. The third kappa shape index (κ3) is 7.41. The van der Waals surface area contributed by atoms with Gasteiger partial charge in [0.2, 0.25) is 10.0 Å². The van der Waals surface area contributed by atoms with Gasteiger partial charge in [-0.25, -0.2) is 13.1 Å². The summed E-state index contributed by atoms with van der Waals surface area (Å²) in [4.78, 5) is 12.0. The third-order valence-electron chi connectivity index (χ3n) is 3.27. The number of sulfonamides is 1. The second-order valence-corrected chi connectivity index (χ2v) is 8.06. The van der Waals surface area contributed by atoms with Gasteiger partial charge in [-0.1, -0.05) is 13.8 Å². The second-order valence-electron chi connectivity index (χ2n) is 6.35. The Morgan fingerprint density at radius 2 is 1.72 bits per heavy atom. The minimum atomic E-state index is -3.63. The normalized spacial score (nSPS) is 14.2. The van der Waals surface area contributed by atoms with Crippen LogP contribution < -0.4 is 14.8 Å². The van der Waals surface area contributed by atoms with Gasteiger partial charge >= 0.3 is 0 Å². The summed E-state index contributed by atoms with van der Waals surface area (Å²) >= 11 is 0. The molecule has 2 N–H and O–H groups in total. The van der Waals surface area contributed by atoms with E-state index in [1.807, 2.05) is 13.8 Å². The van der Waals surface area contributed by atoms with Crippen LogP contribution >= 0.6 is 0 Å². The van der Waals surface area contributed by atoms with Crippen molar-refractivity contribution in [2.45, 2.75) is 44.7 Å². The molecule has 0 saturated heterocycles. The van der Waals surface area contributed by atoms with Crippen molar-refractivity contribution in [2.75, 3.05) is 20.3 Å². The highest BCUT2D eigenvalue weighted by molar-refractivity contribution is 7.89. The molecule has 0 heterocycles. The summed E-state index contributed by atoms with van der Waals surface area (Å²) in [7, 11) is -2.12. The standard InChI is InChI=1S/C17H28N2O5S/c1-12(2)10-18-17(20)14(4)24-15-6-8-16(9-7-15)25(21,22)19-13(3)11-23-5/h6-9,12-14,19H,10-11H2,1-5H3,(H,18,20)/t13-,14+/m0/s1. The quantitative estimate of drug-likeness (QED) is 0.650. The SMILES string of the molecule is COC[C@H](C)NS(=O)(=O)c1ccc(O[C@H](C)C(=O)NCC(C)C)cc1. The topological polar surface area (TPSA) is 93.7 Å². The number of nitrogens with one attached hydrogen (secondary N) is 2. The minimum Gasteiger partial charge on any atom is -0.481 e. The van der Waals surface area contributed by atoms with Crippen molar-refractivity contribution in [1.29, 1.82) is 0 Å². The molecule has 0 aliphatic rings. The number of amides is 1. The Kier molecular flexibility index (Phi) is 8.34. The smallest absolute Gasteiger partial charge is 0.260 e. The van der Waals surface area contributed by atoms with Crippen LogP contribution in [0, 0.1) is 5.92 Å². The molecule has 0 aliphatic carbocycles. The van der Waals surface area contributed by atoms with Crippen LogP contribution in [0.2, 0.25) is 0 Å². The van der Waals surface area contributed by atoms with Gasteiger partial charge in [0.15, 0.2) is 6.10 Å². The Balaban J connectivity index is 2.68. The number of hydrogen-bond donors (Lipinski definition) is 2. The van der Waals surface area contributed by atoms with Gasteiger partial charge in [0, 0.05) is 19.7 Å². The summed E-state index contributed by atoms with van der Waals surface area (Å²) in [5.74, 6) is 0.574. The van der Waals surface area contributed by atoms with Gasteiger partial charge in [-0.2, -0.15) is 0 Å². The van der Waals surface area contributed by atoms with Crippen LogP contribution in [0.5, 0.6) is 5.75 Å². The van der Waals surface area contributed by atoms with E-state index in [0.717, 1.165) is 0 Å². The van der Waals surface area contributed by atoms with Gasteiger partial charge < -0.3 is 14.8 Å². The largest absolute Gasteiger partial charge is 0.481 e. The maximum Gasteiger partial charge on any atom is 0.260 e. The lowest BCUT2D eigenvalue weighted by molar-refractivity contribution is -0.127. The maximum atomic E-state index is 12.2. The molecule has 1 aromatic carbocycles. The molecule has 0 fully saturated rings. The van der Waals surface area contributed by atoms with E-state index in [0.29, 0.717) is 18.2 Å². The molecule has 1 amide bonds. The monoisotopic (exact) mass is 372 g/mol. The molecule has 8 heteroatoms. The maximum absolute atomic E-state index is 12.2. The van der Waals surface area contributed by atoms with Crippen LogP contribution in [0.1, 0.15) is 27.7 Å². The predicted octanol–water partition coefficient (Wildman–Crippen LogP) is 1.54. The minimum absolute atomic E-state index is 0.125. The van der Waals surface area contributed by atoms with Gasteiger partial charge in [0.25, 0.3) is 5.91 Å². The highest BCUT2D eigenvalue weighted by Crippen LogP contribution is 2.17. The number of ether oxygens (including phenoxy) is 2. The summed E-state index contributed by atoms with van der Waals surface area (Å²) in [6.45, 7) is 8.24. The van der Waals surface area contributed by atoms with Crippen LogP contribution in [-0.4, -0.2) is 46.7 Å². The van der Waals surface area contributed by atoms with Crippen LogP contribution in [0.4, 0.5) is 0 Å². The zero-order chi connectivity index (χ0) is 19.0. The first-order chi connectivity index (χ1) is 11.7. The lowest BCUT2D eigenvalue weighted by atomic mass is 10.2. The second kappa shape index (κ2) is 9.74. The van der Waals surface area contributed by atoms with Crippen molar-refractivity contribution in [3.63, 3.8) is 0 Å². The number of benzene rings is 1. The molecular weight excluding hydrogens is 344 g/mol. The Bertz CT molecular complexity index is 644. The molecule has 1 rings (SSSR count). The summed E-state index contributed by atoms with van der Waals surface area (Å²) in [5, 5.41) is 2.79. The molecule has 25 heavy (non-hydrogen) atoms. The van der Waals surface area contributed by atoms with E-state index in [-0.39, 0.29) is 23.5 Å². The molecule has 2 atom stereocenters. The lowest BCUT2D eigenvalue weighted by Crippen LogP contribution is -2.38. The molecule has 0 radical (unpaired) electrons. The van der Waals surface area contributed by atoms with E-state index in [1.165, 1.54) is 31.4 Å². The van der Waals surface area contributed by atoms with Gasteiger partial charge in [-0.15, -0.1) is 0 Å². The molecule has 1 aromatic rings. The van der Waals surface area contributed by atoms with Crippen LogP contribution in [-0.2, 0) is 19.6 Å². The molecule has 0 spiro atoms. The highest BCUT2D eigenvalue weighted by atomic mass is 32.2. The van der Waals surface area contributed by atoms with E-state index in [1.54, 1.807) is 13.8 Å². The molecule has 0 aromatic heterocycles. The van der Waals surface area contributed by atoms with Crippen LogP contribution in [0.3, 0.4) is 0 Å². The number of methoxy groups -OCH3 is 1. The summed E-state index contributed by atoms with van der Waals surface area (Å²) < 4.78 is 37.5. The zero-order valence-corrected chi connectivity index (χ0v) is 16.2. The van der Waals surface area contributed by atoms with Gasteiger partial charge in [-0.05, 0) is 44.0 Å². The van der Waals surface area contributed by atoms with Crippen LogP contribution in [0.15, 0.2) is 29.2 Å². The molecule has 0 aliphatic heterocycles. The average Bonchev–Trinajstić information content (AvgIpc) is 2.52. The first kappa shape index (κ1) is 21.4. The summed E-state index contributed by atoms with van der Waals surface area (Å²) in [5.41, 5.74) is 0. The van der Waals surface area contributed by atoms with Crippen molar-refractivity contribution in [3.8, 4) is 5.75 Å². The van der Waals surface area contributed by atoms with E-state index >= 15 is 0 Å². The Labute approximate surface area is 150 Å². The van der Waals surface area contributed by atoms with E-state index in [2.05, 4.69) is 10.0 Å². The Morgan fingerprint density at radius 3 is 2.24 bits per heavy atom. The third-order valence-corrected chi connectivity index (χ3v) is 4.88. The molecular formula is C17H28N2O5S. The van der Waals surface area contributed by atoms with Crippen molar-refractivity contribution < 1.29 is 22.7 Å². The van der Waals surface area contributed by atoms with E-state index in [4.69, 9.17) is 9.47 Å². The average molecular weight is 372 g/mol. The predicted molar refractivity (Wildman–Crippen MR) is 96.0 cm³/mol. The molecule has 0 saturated carbocycles. The number of carbonyl (C=O) groups excluding carboxylic acids is 1. The van der Waals surface area contributed by atoms with Crippen molar-refractivity contribution in [3.05, 3.63) is 24.3 Å². The van der Waals surface area contributed by atoms with Crippen molar-refractivity contribution in [1.82, 2.24) is 10.0 Å². The number of hydrogen-bond acceptors (Lipinski definition) is 5. The fraction of sp³-hybridized carbons (Fsp3) is 0.588. The lowest BCUT2D eigenvalue weighted by Gasteiger charge is -2.16. The van der Waals surface area contributed by atoms with Gasteiger partial charge in [0.1, 0.15) is 5.75 Å². The van der Waals surface area contributed by atoms with Crippen LogP contribution in [0.25, 0.3) is 0 Å². The van der Waals surface area contributed by atoms with Crippen molar-refractivity contribution in [2.24, 2.45) is 5.92 Å². The Hall–Kier alpha value is -1.64. The highest BCUT2D eigenvalue weighted by Gasteiger charge is 2.18. The van der Waals surface area contributed by atoms with Gasteiger partial charge in [0.05, 0.1) is 11.5 Å². The number of rotatable bonds is 10. The molecule has 0 unspecified atom stereocenters. The van der Waals surface area contributed by atoms with Crippen molar-refractivity contribution >= 4 is 15.9 Å². The summed E-state index contributed by atoms with van der Waals surface area (Å²) in [6, 6.07) is 5.60. The molecule has 7 nitrogen and oxygen atoms in total. The van der Waals surface area contributed by atoms with Gasteiger partial charge in [-0.3, -0.25) is 4.79 Å². The fourth-order valence-electron chi connectivity index (χ4n) is 2.02. The first-order valence-corrected chi connectivity index (χ1v) is 9.69.